The monoisotopic (exact) mass is 246 g/mol. The lowest BCUT2D eigenvalue weighted by Crippen LogP contribution is -2.35. The summed E-state index contributed by atoms with van der Waals surface area (Å²) in [5.41, 5.74) is 1.45. The van der Waals surface area contributed by atoms with Gasteiger partial charge < -0.3 is 4.90 Å². The van der Waals surface area contributed by atoms with Crippen LogP contribution in [0, 0.1) is 5.92 Å². The number of aryl methyl sites for hydroxylation is 1. The number of hydrogen-bond acceptors (Lipinski definition) is 1. The maximum atomic E-state index is 10.8. The van der Waals surface area contributed by atoms with Crippen LogP contribution in [0.5, 0.6) is 0 Å². The average molecular weight is 246 g/mol. The smallest absolute Gasteiger partial charge is 0.0851 e. The van der Waals surface area contributed by atoms with Gasteiger partial charge in [0, 0.05) is 0 Å². The van der Waals surface area contributed by atoms with E-state index in [0.717, 1.165) is 25.9 Å². The number of unbranched alkanes of at least 4 members (excludes halogenated alkanes) is 1. The van der Waals surface area contributed by atoms with Crippen LogP contribution in [-0.4, -0.2) is 31.1 Å². The van der Waals surface area contributed by atoms with E-state index < -0.39 is 0 Å². The Morgan fingerprint density at radius 3 is 2.44 bits per heavy atom. The first-order valence-corrected chi connectivity index (χ1v) is 7.23. The van der Waals surface area contributed by atoms with Crippen LogP contribution in [0.3, 0.4) is 0 Å². The van der Waals surface area contributed by atoms with Crippen molar-refractivity contribution in [3.8, 4) is 0 Å². The number of piperidine rings is 1. The molecule has 99 valence electrons. The minimum atomic E-state index is 0.127. The molecule has 1 aliphatic rings. The molecule has 18 heavy (non-hydrogen) atoms. The number of likely N-dealkylation sites (tertiary alicyclic amines) is 1. The summed E-state index contributed by atoms with van der Waals surface area (Å²) in [6, 6.07) is 10.7. The molecule has 1 aliphatic heterocycles. The zero-order valence-corrected chi connectivity index (χ0v) is 11.2. The van der Waals surface area contributed by atoms with Crippen molar-refractivity contribution in [2.75, 3.05) is 26.2 Å². The van der Waals surface area contributed by atoms with Crippen molar-refractivity contribution in [3.63, 3.8) is 0 Å². The molecule has 1 aromatic carbocycles. The molecule has 1 radical (unpaired) electrons. The number of nitrogens with zero attached hydrogens (tertiary/aromatic N) is 1. The van der Waals surface area contributed by atoms with Gasteiger partial charge in [-0.2, -0.15) is 0 Å². The van der Waals surface area contributed by atoms with Crippen molar-refractivity contribution in [1.29, 1.82) is 0 Å². The Kier molecular flexibility index (Phi) is 5.69. The van der Waals surface area contributed by atoms with Crippen LogP contribution >= 0.6 is 0 Å². The van der Waals surface area contributed by atoms with Crippen molar-refractivity contribution < 1.29 is 5.11 Å². The standard InChI is InChI=1S/C16H24NO/c18-14-16-9-12-17(13-10-16)11-5-4-8-15-6-2-1-3-7-15/h1-3,6-7,16H,4-5,8-14H2. The maximum Gasteiger partial charge on any atom is 0.0851 e. The summed E-state index contributed by atoms with van der Waals surface area (Å²) in [5.74, 6) is 0.450. The lowest BCUT2D eigenvalue weighted by atomic mass is 9.97. The molecule has 1 fully saturated rings. The van der Waals surface area contributed by atoms with Gasteiger partial charge in [0.25, 0.3) is 0 Å². The van der Waals surface area contributed by atoms with Gasteiger partial charge in [0.2, 0.25) is 0 Å². The highest BCUT2D eigenvalue weighted by Gasteiger charge is 2.17. The second kappa shape index (κ2) is 7.55. The van der Waals surface area contributed by atoms with E-state index in [0.29, 0.717) is 5.92 Å². The molecule has 2 heteroatoms. The third-order valence-corrected chi connectivity index (χ3v) is 3.98. The molecule has 0 amide bonds. The Morgan fingerprint density at radius 2 is 1.78 bits per heavy atom. The van der Waals surface area contributed by atoms with Crippen molar-refractivity contribution in [2.45, 2.75) is 32.1 Å². The molecule has 1 aromatic rings. The summed E-state index contributed by atoms with van der Waals surface area (Å²) in [6.45, 7) is 3.61. The number of hydrogen-bond donors (Lipinski definition) is 0. The van der Waals surface area contributed by atoms with Crippen molar-refractivity contribution >= 4 is 0 Å². The molecule has 0 N–H and O–H groups in total. The molecule has 1 heterocycles. The number of benzene rings is 1. The van der Waals surface area contributed by atoms with Gasteiger partial charge in [0.1, 0.15) is 0 Å². The third kappa shape index (κ3) is 4.43. The Hall–Kier alpha value is -0.860. The van der Waals surface area contributed by atoms with Crippen LogP contribution in [0.15, 0.2) is 30.3 Å². The molecular formula is C16H24NO. The molecule has 0 bridgehead atoms. The fourth-order valence-electron chi connectivity index (χ4n) is 2.69. The second-order valence-corrected chi connectivity index (χ2v) is 5.39. The van der Waals surface area contributed by atoms with E-state index in [1.54, 1.807) is 0 Å². The SMILES string of the molecule is [O]CC1CCN(CCCCc2ccccc2)CC1. The molecule has 0 spiro atoms. The predicted molar refractivity (Wildman–Crippen MR) is 74.1 cm³/mol. The van der Waals surface area contributed by atoms with Gasteiger partial charge in [-0.25, -0.2) is 5.11 Å². The topological polar surface area (TPSA) is 23.1 Å². The molecule has 0 aromatic heterocycles. The first-order chi connectivity index (χ1) is 8.88. The quantitative estimate of drug-likeness (QED) is 0.707. The molecule has 0 atom stereocenters. The first-order valence-electron chi connectivity index (χ1n) is 7.23. The van der Waals surface area contributed by atoms with Crippen molar-refractivity contribution in [3.05, 3.63) is 35.9 Å². The van der Waals surface area contributed by atoms with Crippen LogP contribution in [-0.2, 0) is 11.5 Å². The summed E-state index contributed by atoms with van der Waals surface area (Å²) in [7, 11) is 0. The van der Waals surface area contributed by atoms with Gasteiger partial charge in [-0.15, -0.1) is 0 Å². The summed E-state index contributed by atoms with van der Waals surface area (Å²) >= 11 is 0. The van der Waals surface area contributed by atoms with E-state index in [1.165, 1.54) is 31.4 Å². The predicted octanol–water partition coefficient (Wildman–Crippen LogP) is 3.15. The Morgan fingerprint density at radius 1 is 1.06 bits per heavy atom. The zero-order valence-electron chi connectivity index (χ0n) is 11.2. The highest BCUT2D eigenvalue weighted by atomic mass is 16.3. The summed E-state index contributed by atoms with van der Waals surface area (Å²) < 4.78 is 0. The van der Waals surface area contributed by atoms with Crippen LogP contribution in [0.25, 0.3) is 0 Å². The Labute approximate surface area is 111 Å². The zero-order chi connectivity index (χ0) is 12.6. The highest BCUT2D eigenvalue weighted by molar-refractivity contribution is 5.14. The summed E-state index contributed by atoms with van der Waals surface area (Å²) in [5, 5.41) is 10.8. The minimum Gasteiger partial charge on any atom is -0.303 e. The Balaban J connectivity index is 1.56. The third-order valence-electron chi connectivity index (χ3n) is 3.98. The van der Waals surface area contributed by atoms with Crippen LogP contribution in [0.1, 0.15) is 31.2 Å². The maximum absolute atomic E-state index is 10.8. The normalized spacial score (nSPS) is 18.1. The molecule has 0 saturated carbocycles. The van der Waals surface area contributed by atoms with Gasteiger partial charge in [0.15, 0.2) is 0 Å². The van der Waals surface area contributed by atoms with E-state index in [2.05, 4.69) is 35.2 Å². The molecule has 1 saturated heterocycles. The van der Waals surface area contributed by atoms with Gasteiger partial charge >= 0.3 is 0 Å². The number of rotatable bonds is 6. The molecule has 0 aliphatic carbocycles. The van der Waals surface area contributed by atoms with Crippen LogP contribution in [0.4, 0.5) is 0 Å². The largest absolute Gasteiger partial charge is 0.303 e. The van der Waals surface area contributed by atoms with Crippen molar-refractivity contribution in [2.24, 2.45) is 5.92 Å². The molecule has 0 unspecified atom stereocenters. The lowest BCUT2D eigenvalue weighted by Gasteiger charge is -2.30. The van der Waals surface area contributed by atoms with Gasteiger partial charge in [-0.05, 0) is 63.2 Å². The highest BCUT2D eigenvalue weighted by Crippen LogP contribution is 2.17. The average Bonchev–Trinajstić information content (AvgIpc) is 2.45. The fraction of sp³-hybridized carbons (Fsp3) is 0.625. The van der Waals surface area contributed by atoms with E-state index >= 15 is 0 Å². The van der Waals surface area contributed by atoms with Crippen LogP contribution in [0.2, 0.25) is 0 Å². The van der Waals surface area contributed by atoms with Crippen molar-refractivity contribution in [1.82, 2.24) is 4.90 Å². The van der Waals surface area contributed by atoms with E-state index in [4.69, 9.17) is 0 Å². The molecule has 2 rings (SSSR count). The van der Waals surface area contributed by atoms with E-state index in [-0.39, 0.29) is 6.61 Å². The van der Waals surface area contributed by atoms with E-state index in [9.17, 15) is 5.11 Å². The summed E-state index contributed by atoms with van der Waals surface area (Å²) in [6.07, 6.45) is 5.96. The first kappa shape index (κ1) is 13.6. The lowest BCUT2D eigenvalue weighted by molar-refractivity contribution is 0.0909. The fourth-order valence-corrected chi connectivity index (χ4v) is 2.69. The van der Waals surface area contributed by atoms with E-state index in [1.807, 2.05) is 0 Å². The summed E-state index contributed by atoms with van der Waals surface area (Å²) in [4.78, 5) is 2.52. The van der Waals surface area contributed by atoms with Gasteiger partial charge in [0.05, 0.1) is 6.61 Å². The Bertz CT molecular complexity index is 317. The minimum absolute atomic E-state index is 0.127. The molecule has 2 nitrogen and oxygen atoms in total. The second-order valence-electron chi connectivity index (χ2n) is 5.39. The van der Waals surface area contributed by atoms with Gasteiger partial charge in [-0.3, -0.25) is 0 Å². The molecular weight excluding hydrogens is 222 g/mol. The van der Waals surface area contributed by atoms with Gasteiger partial charge in [-0.1, -0.05) is 30.3 Å². The van der Waals surface area contributed by atoms with Crippen LogP contribution < -0.4 is 0 Å².